The van der Waals surface area contributed by atoms with E-state index in [2.05, 4.69) is 0 Å². The van der Waals surface area contributed by atoms with E-state index < -0.39 is 10.0 Å². The monoisotopic (exact) mass is 310 g/mol. The highest BCUT2D eigenvalue weighted by molar-refractivity contribution is 7.89. The van der Waals surface area contributed by atoms with Crippen LogP contribution < -0.4 is 15.6 Å². The van der Waals surface area contributed by atoms with E-state index in [1.807, 2.05) is 0 Å². The highest BCUT2D eigenvalue weighted by Gasteiger charge is 2.17. The maximum atomic E-state index is 13.2. The normalized spacial score (nSPS) is 11.4. The van der Waals surface area contributed by atoms with E-state index >= 15 is 0 Å². The zero-order chi connectivity index (χ0) is 15.8. The number of nitrogen functional groups attached to an aromatic ring is 1. The molecule has 112 valence electrons. The summed E-state index contributed by atoms with van der Waals surface area (Å²) in [4.78, 5) is -0.101. The predicted molar refractivity (Wildman–Crippen MR) is 78.2 cm³/mol. The summed E-state index contributed by atoms with van der Waals surface area (Å²) < 4.78 is 41.9. The van der Waals surface area contributed by atoms with Crippen molar-refractivity contribution in [3.63, 3.8) is 0 Å². The maximum absolute atomic E-state index is 13.2. The molecule has 0 saturated heterocycles. The van der Waals surface area contributed by atoms with Gasteiger partial charge in [0.15, 0.2) is 0 Å². The van der Waals surface area contributed by atoms with Crippen LogP contribution in [0.5, 0.6) is 11.5 Å². The first-order valence-corrected chi connectivity index (χ1v) is 7.60. The van der Waals surface area contributed by atoms with Crippen LogP contribution in [-0.4, -0.2) is 8.42 Å². The van der Waals surface area contributed by atoms with Gasteiger partial charge in [0.05, 0.1) is 4.90 Å². The van der Waals surface area contributed by atoms with E-state index in [-0.39, 0.29) is 22.1 Å². The number of sulfonamides is 1. The summed E-state index contributed by atoms with van der Waals surface area (Å²) in [5, 5.41) is 5.14. The summed E-state index contributed by atoms with van der Waals surface area (Å²) in [5.74, 6) is 0.282. The molecule has 0 aromatic heterocycles. The zero-order valence-corrected chi connectivity index (χ0v) is 12.4. The second kappa shape index (κ2) is 5.34. The van der Waals surface area contributed by atoms with E-state index in [4.69, 9.17) is 15.6 Å². The Balaban J connectivity index is 2.49. The van der Waals surface area contributed by atoms with Crippen LogP contribution in [0.1, 0.15) is 11.1 Å². The highest BCUT2D eigenvalue weighted by atomic mass is 32.2. The molecule has 2 aromatic rings. The van der Waals surface area contributed by atoms with Crippen LogP contribution in [0, 0.1) is 19.7 Å². The molecule has 0 amide bonds. The molecule has 21 heavy (non-hydrogen) atoms. The van der Waals surface area contributed by atoms with Gasteiger partial charge in [-0.25, -0.2) is 17.9 Å². The number of ether oxygens (including phenoxy) is 1. The molecule has 0 radical (unpaired) electrons. The molecule has 0 bridgehead atoms. The van der Waals surface area contributed by atoms with Crippen molar-refractivity contribution in [2.45, 2.75) is 18.7 Å². The first kappa shape index (κ1) is 15.3. The molecule has 7 heteroatoms. The summed E-state index contributed by atoms with van der Waals surface area (Å²) >= 11 is 0. The fraction of sp³-hybridized carbons (Fsp3) is 0.143. The Morgan fingerprint density at radius 3 is 2.38 bits per heavy atom. The summed E-state index contributed by atoms with van der Waals surface area (Å²) in [5.41, 5.74) is 6.64. The molecular weight excluding hydrogens is 295 g/mol. The Morgan fingerprint density at radius 2 is 1.81 bits per heavy atom. The van der Waals surface area contributed by atoms with Gasteiger partial charge in [-0.3, -0.25) is 0 Å². The number of aryl methyl sites for hydroxylation is 1. The van der Waals surface area contributed by atoms with Gasteiger partial charge < -0.3 is 10.5 Å². The summed E-state index contributed by atoms with van der Waals surface area (Å²) in [6.07, 6.45) is 0. The standard InChI is InChI=1S/C14H15FN2O3S/c1-8-5-11(3-4-12(8)15)20-13-6-10(16)7-14(9(13)2)21(17,18)19/h3-7H,16H2,1-2H3,(H2,17,18,19). The van der Waals surface area contributed by atoms with E-state index in [0.29, 0.717) is 16.9 Å². The quantitative estimate of drug-likeness (QED) is 0.851. The molecule has 2 rings (SSSR count). The molecule has 5 nitrogen and oxygen atoms in total. The summed E-state index contributed by atoms with van der Waals surface area (Å²) in [7, 11) is -3.91. The van der Waals surface area contributed by atoms with E-state index in [0.717, 1.165) is 0 Å². The lowest BCUT2D eigenvalue weighted by Crippen LogP contribution is -2.14. The van der Waals surface area contributed by atoms with Gasteiger partial charge in [-0.05, 0) is 43.7 Å². The Bertz CT molecular complexity index is 804. The van der Waals surface area contributed by atoms with Crippen LogP contribution in [0.4, 0.5) is 10.1 Å². The van der Waals surface area contributed by atoms with Gasteiger partial charge in [0.1, 0.15) is 17.3 Å². The molecule has 4 N–H and O–H groups in total. The molecule has 0 fully saturated rings. The van der Waals surface area contributed by atoms with Crippen molar-refractivity contribution >= 4 is 15.7 Å². The van der Waals surface area contributed by atoms with Crippen LogP contribution in [0.25, 0.3) is 0 Å². The number of rotatable bonds is 3. The molecule has 0 aliphatic carbocycles. The van der Waals surface area contributed by atoms with Gasteiger partial charge in [-0.15, -0.1) is 0 Å². The summed E-state index contributed by atoms with van der Waals surface area (Å²) in [6, 6.07) is 6.99. The van der Waals surface area contributed by atoms with Crippen molar-refractivity contribution in [2.24, 2.45) is 5.14 Å². The second-order valence-corrected chi connectivity index (χ2v) is 6.23. The van der Waals surface area contributed by atoms with Crippen LogP contribution in [0.3, 0.4) is 0 Å². The van der Waals surface area contributed by atoms with Gasteiger partial charge in [-0.1, -0.05) is 0 Å². The smallest absolute Gasteiger partial charge is 0.238 e. The Morgan fingerprint density at radius 1 is 1.14 bits per heavy atom. The Kier molecular flexibility index (Phi) is 3.89. The fourth-order valence-electron chi connectivity index (χ4n) is 1.89. The topological polar surface area (TPSA) is 95.4 Å². The van der Waals surface area contributed by atoms with Crippen LogP contribution in [0.15, 0.2) is 35.2 Å². The van der Waals surface area contributed by atoms with Crippen molar-refractivity contribution in [3.8, 4) is 11.5 Å². The number of halogens is 1. The Labute approximate surface area is 122 Å². The van der Waals surface area contributed by atoms with Gasteiger partial charge in [-0.2, -0.15) is 0 Å². The lowest BCUT2D eigenvalue weighted by atomic mass is 10.2. The van der Waals surface area contributed by atoms with Gasteiger partial charge in [0.25, 0.3) is 0 Å². The largest absolute Gasteiger partial charge is 0.457 e. The lowest BCUT2D eigenvalue weighted by molar-refractivity contribution is 0.474. The average molecular weight is 310 g/mol. The first-order chi connectivity index (χ1) is 9.68. The fourth-order valence-corrected chi connectivity index (χ4v) is 2.72. The second-order valence-electron chi connectivity index (χ2n) is 4.70. The van der Waals surface area contributed by atoms with Crippen LogP contribution in [0.2, 0.25) is 0 Å². The van der Waals surface area contributed by atoms with E-state index in [9.17, 15) is 12.8 Å². The number of benzene rings is 2. The first-order valence-electron chi connectivity index (χ1n) is 6.05. The molecule has 0 heterocycles. The predicted octanol–water partition coefficient (Wildman–Crippen LogP) is 2.46. The van der Waals surface area contributed by atoms with Gasteiger partial charge in [0.2, 0.25) is 10.0 Å². The molecule has 0 saturated carbocycles. The molecule has 0 atom stereocenters. The number of hydrogen-bond donors (Lipinski definition) is 2. The number of primary sulfonamides is 1. The minimum Gasteiger partial charge on any atom is -0.457 e. The third-order valence-corrected chi connectivity index (χ3v) is 4.04. The zero-order valence-electron chi connectivity index (χ0n) is 11.6. The molecule has 0 aliphatic heterocycles. The number of nitrogens with two attached hydrogens (primary N) is 2. The highest BCUT2D eigenvalue weighted by Crippen LogP contribution is 2.32. The molecule has 2 aromatic carbocycles. The van der Waals surface area contributed by atoms with Crippen molar-refractivity contribution < 1.29 is 17.5 Å². The SMILES string of the molecule is Cc1cc(Oc2cc(N)cc(S(N)(=O)=O)c2C)ccc1F. The molecule has 0 unspecified atom stereocenters. The van der Waals surface area contributed by atoms with Crippen LogP contribution >= 0.6 is 0 Å². The van der Waals surface area contributed by atoms with E-state index in [1.54, 1.807) is 13.8 Å². The number of hydrogen-bond acceptors (Lipinski definition) is 4. The van der Waals surface area contributed by atoms with Crippen molar-refractivity contribution in [3.05, 3.63) is 47.3 Å². The third-order valence-electron chi connectivity index (χ3n) is 3.00. The lowest BCUT2D eigenvalue weighted by Gasteiger charge is -2.13. The molecule has 0 aliphatic rings. The van der Waals surface area contributed by atoms with Gasteiger partial charge in [0, 0.05) is 17.3 Å². The van der Waals surface area contributed by atoms with E-state index in [1.165, 1.54) is 30.3 Å². The van der Waals surface area contributed by atoms with Crippen LogP contribution in [-0.2, 0) is 10.0 Å². The third kappa shape index (κ3) is 3.32. The maximum Gasteiger partial charge on any atom is 0.238 e. The van der Waals surface area contributed by atoms with Crippen molar-refractivity contribution in [1.29, 1.82) is 0 Å². The molecular formula is C14H15FN2O3S. The number of anilines is 1. The van der Waals surface area contributed by atoms with Gasteiger partial charge >= 0.3 is 0 Å². The minimum absolute atomic E-state index is 0.101. The average Bonchev–Trinajstić information content (AvgIpc) is 2.36. The Hall–Kier alpha value is -2.12. The molecule has 0 spiro atoms. The summed E-state index contributed by atoms with van der Waals surface area (Å²) in [6.45, 7) is 3.16. The van der Waals surface area contributed by atoms with Crippen molar-refractivity contribution in [1.82, 2.24) is 0 Å². The minimum atomic E-state index is -3.91. The van der Waals surface area contributed by atoms with Crippen molar-refractivity contribution in [2.75, 3.05) is 5.73 Å².